The highest BCUT2D eigenvalue weighted by molar-refractivity contribution is 6.23. The van der Waals surface area contributed by atoms with Gasteiger partial charge >= 0.3 is 0 Å². The third-order valence-electron chi connectivity index (χ3n) is 2.56. The average Bonchev–Trinajstić information content (AvgIpc) is 2.64. The lowest BCUT2D eigenvalue weighted by Crippen LogP contribution is -2.25. The summed E-state index contributed by atoms with van der Waals surface area (Å²) >= 11 is 0. The first-order chi connectivity index (χ1) is 11.9. The molecule has 0 heterocycles. The Bertz CT molecular complexity index is 584. The van der Waals surface area contributed by atoms with Crippen LogP contribution in [0, 0.1) is 5.82 Å². The zero-order chi connectivity index (χ0) is 19.7. The molecule has 5 nitrogen and oxygen atoms in total. The Kier molecular flexibility index (Phi) is 15.6. The number of aromatic hydroxyl groups is 1. The summed E-state index contributed by atoms with van der Waals surface area (Å²) in [5, 5.41) is 13.9. The molecule has 0 bridgehead atoms. The Hall–Kier alpha value is -2.89. The number of halogens is 1. The van der Waals surface area contributed by atoms with Crippen molar-refractivity contribution in [3.63, 3.8) is 0 Å². The van der Waals surface area contributed by atoms with Gasteiger partial charge in [0.2, 0.25) is 6.29 Å². The highest BCUT2D eigenvalue weighted by atomic mass is 19.1. The van der Waals surface area contributed by atoms with Crippen LogP contribution in [-0.4, -0.2) is 30.9 Å². The number of hydrogen-bond donors (Lipinski definition) is 3. The van der Waals surface area contributed by atoms with E-state index in [1.54, 1.807) is 31.3 Å². The SMILES string of the molecule is C=C/C=C\C(=C)CCNC(=O)C=O.CC.CNc1ccc(O)c(F)c1. The number of anilines is 1. The van der Waals surface area contributed by atoms with Crippen molar-refractivity contribution in [2.24, 2.45) is 0 Å². The van der Waals surface area contributed by atoms with Crippen molar-refractivity contribution >= 4 is 17.9 Å². The van der Waals surface area contributed by atoms with Crippen LogP contribution in [0.2, 0.25) is 0 Å². The Morgan fingerprint density at radius 2 is 2.00 bits per heavy atom. The van der Waals surface area contributed by atoms with Gasteiger partial charge in [0.05, 0.1) is 0 Å². The molecule has 0 aliphatic heterocycles. The zero-order valence-electron chi connectivity index (χ0n) is 15.0. The van der Waals surface area contributed by atoms with Gasteiger partial charge in [0.1, 0.15) is 0 Å². The summed E-state index contributed by atoms with van der Waals surface area (Å²) in [4.78, 5) is 20.4. The number of phenolic OH excluding ortho intramolecular Hbond substituents is 1. The first-order valence-corrected chi connectivity index (χ1v) is 7.80. The number of allylic oxidation sites excluding steroid dienone is 3. The van der Waals surface area contributed by atoms with Crippen molar-refractivity contribution in [3.8, 4) is 5.75 Å². The van der Waals surface area contributed by atoms with Crippen LogP contribution in [-0.2, 0) is 9.59 Å². The van der Waals surface area contributed by atoms with E-state index in [4.69, 9.17) is 5.11 Å². The molecule has 0 fully saturated rings. The molecule has 3 N–H and O–H groups in total. The summed E-state index contributed by atoms with van der Waals surface area (Å²) in [5.74, 6) is -1.52. The van der Waals surface area contributed by atoms with E-state index in [-0.39, 0.29) is 12.0 Å². The van der Waals surface area contributed by atoms with Gasteiger partial charge in [-0.3, -0.25) is 9.59 Å². The molecule has 1 aromatic carbocycles. The zero-order valence-corrected chi connectivity index (χ0v) is 15.0. The minimum atomic E-state index is -0.605. The van der Waals surface area contributed by atoms with Crippen molar-refractivity contribution in [2.75, 3.05) is 18.9 Å². The molecule has 0 saturated carbocycles. The van der Waals surface area contributed by atoms with Gasteiger partial charge in [0.25, 0.3) is 5.91 Å². The Labute approximate surface area is 149 Å². The highest BCUT2D eigenvalue weighted by Crippen LogP contribution is 2.18. The predicted molar refractivity (Wildman–Crippen MR) is 101 cm³/mol. The predicted octanol–water partition coefficient (Wildman–Crippen LogP) is 3.59. The third-order valence-corrected chi connectivity index (χ3v) is 2.56. The smallest absolute Gasteiger partial charge is 0.284 e. The van der Waals surface area contributed by atoms with Crippen LogP contribution in [0.25, 0.3) is 0 Å². The molecule has 0 unspecified atom stereocenters. The van der Waals surface area contributed by atoms with Crippen LogP contribution < -0.4 is 10.6 Å². The minimum Gasteiger partial charge on any atom is -0.505 e. The number of nitrogens with one attached hydrogen (secondary N) is 2. The molecule has 1 rings (SSSR count). The number of aldehydes is 1. The number of benzene rings is 1. The van der Waals surface area contributed by atoms with Gasteiger partial charge in [-0.05, 0) is 18.6 Å². The van der Waals surface area contributed by atoms with Gasteiger partial charge in [-0.1, -0.05) is 50.8 Å². The second-order valence-corrected chi connectivity index (χ2v) is 4.33. The summed E-state index contributed by atoms with van der Waals surface area (Å²) in [5.41, 5.74) is 1.53. The maximum Gasteiger partial charge on any atom is 0.284 e. The van der Waals surface area contributed by atoms with Crippen LogP contribution in [0.15, 0.2) is 55.2 Å². The average molecular weight is 350 g/mol. The summed E-state index contributed by atoms with van der Waals surface area (Å²) in [6.45, 7) is 11.7. The van der Waals surface area contributed by atoms with Crippen molar-refractivity contribution in [1.82, 2.24) is 5.32 Å². The molecule has 0 aromatic heterocycles. The lowest BCUT2D eigenvalue weighted by atomic mass is 10.2. The molecule has 6 heteroatoms. The van der Waals surface area contributed by atoms with E-state index in [0.29, 0.717) is 18.7 Å². The monoisotopic (exact) mass is 350 g/mol. The standard InChI is InChI=1S/C10H13NO2.C7H8FNO.C2H6/c1-3-4-5-9(2)6-7-11-10(13)8-12;1-9-5-2-3-7(10)6(8)4-5;1-2/h3-5,8H,1-2,6-7H2,(H,11,13);2-4,9-10H,1H3;1-2H3/b5-4-;;. The quantitative estimate of drug-likeness (QED) is 0.304. The number of amides is 1. The molecule has 0 atom stereocenters. The van der Waals surface area contributed by atoms with E-state index >= 15 is 0 Å². The van der Waals surface area contributed by atoms with E-state index < -0.39 is 11.7 Å². The van der Waals surface area contributed by atoms with Crippen LogP contribution >= 0.6 is 0 Å². The van der Waals surface area contributed by atoms with Gasteiger partial charge in [0.15, 0.2) is 11.6 Å². The highest BCUT2D eigenvalue weighted by Gasteiger charge is 1.98. The molecule has 0 aliphatic carbocycles. The fourth-order valence-corrected chi connectivity index (χ4v) is 1.34. The molecule has 0 aliphatic rings. The fourth-order valence-electron chi connectivity index (χ4n) is 1.34. The minimum absolute atomic E-state index is 0.252. The molecule has 25 heavy (non-hydrogen) atoms. The number of phenols is 1. The van der Waals surface area contributed by atoms with Crippen LogP contribution in [0.5, 0.6) is 5.75 Å². The Morgan fingerprint density at radius 1 is 1.36 bits per heavy atom. The third kappa shape index (κ3) is 13.3. The second kappa shape index (κ2) is 16.0. The molecule has 1 amide bonds. The summed E-state index contributed by atoms with van der Waals surface area (Å²) in [7, 11) is 1.69. The second-order valence-electron chi connectivity index (χ2n) is 4.33. The Balaban J connectivity index is 0. The maximum absolute atomic E-state index is 12.5. The van der Waals surface area contributed by atoms with E-state index in [1.165, 1.54) is 12.1 Å². The summed E-state index contributed by atoms with van der Waals surface area (Å²) < 4.78 is 12.5. The van der Waals surface area contributed by atoms with Crippen molar-refractivity contribution in [1.29, 1.82) is 0 Å². The van der Waals surface area contributed by atoms with Gasteiger partial charge in [-0.25, -0.2) is 4.39 Å². The fraction of sp³-hybridized carbons (Fsp3) is 0.263. The van der Waals surface area contributed by atoms with Gasteiger partial charge in [0, 0.05) is 25.3 Å². The number of rotatable bonds is 7. The van der Waals surface area contributed by atoms with Crippen LogP contribution in [0.4, 0.5) is 10.1 Å². The molecule has 138 valence electrons. The van der Waals surface area contributed by atoms with E-state index in [9.17, 15) is 14.0 Å². The van der Waals surface area contributed by atoms with E-state index in [2.05, 4.69) is 23.8 Å². The largest absolute Gasteiger partial charge is 0.505 e. The lowest BCUT2D eigenvalue weighted by Gasteiger charge is -1.99. The number of hydrogen-bond acceptors (Lipinski definition) is 4. The number of carbonyl (C=O) groups excluding carboxylic acids is 2. The summed E-state index contributed by atoms with van der Waals surface area (Å²) in [6.07, 6.45) is 6.10. The molecular formula is C19H27FN2O3. The van der Waals surface area contributed by atoms with Gasteiger partial charge in [-0.15, -0.1) is 0 Å². The molecule has 0 radical (unpaired) electrons. The normalized spacial score (nSPS) is 8.96. The maximum atomic E-state index is 12.5. The molecule has 0 spiro atoms. The van der Waals surface area contributed by atoms with Crippen LogP contribution in [0.3, 0.4) is 0 Å². The first kappa shape index (κ1) is 24.4. The Morgan fingerprint density at radius 3 is 2.48 bits per heavy atom. The van der Waals surface area contributed by atoms with Crippen molar-refractivity contribution in [3.05, 3.63) is 61.0 Å². The van der Waals surface area contributed by atoms with Crippen molar-refractivity contribution < 1.29 is 19.1 Å². The van der Waals surface area contributed by atoms with Crippen molar-refractivity contribution in [2.45, 2.75) is 20.3 Å². The topological polar surface area (TPSA) is 78.4 Å². The van der Waals surface area contributed by atoms with Gasteiger partial charge < -0.3 is 15.7 Å². The molecule has 1 aromatic rings. The lowest BCUT2D eigenvalue weighted by molar-refractivity contribution is -0.131. The van der Waals surface area contributed by atoms with E-state index in [0.717, 1.165) is 5.57 Å². The van der Waals surface area contributed by atoms with Gasteiger partial charge in [-0.2, -0.15) is 0 Å². The van der Waals surface area contributed by atoms with Crippen LogP contribution in [0.1, 0.15) is 20.3 Å². The molecular weight excluding hydrogens is 323 g/mol. The molecule has 0 saturated heterocycles. The van der Waals surface area contributed by atoms with E-state index in [1.807, 2.05) is 13.8 Å². The first-order valence-electron chi connectivity index (χ1n) is 7.80. The number of carbonyl (C=O) groups is 2. The summed E-state index contributed by atoms with van der Waals surface area (Å²) in [6, 6.07) is 4.13.